The minimum absolute atomic E-state index is 0.0881. The van der Waals surface area contributed by atoms with Crippen LogP contribution in [0.15, 0.2) is 48.5 Å². The highest BCUT2D eigenvalue weighted by Gasteiger charge is 2.38. The fourth-order valence-electron chi connectivity index (χ4n) is 3.93. The van der Waals surface area contributed by atoms with Gasteiger partial charge in [0.1, 0.15) is 5.75 Å². The third-order valence-electron chi connectivity index (χ3n) is 5.79. The molecule has 6 nitrogen and oxygen atoms in total. The highest BCUT2D eigenvalue weighted by atomic mass is 35.5. The van der Waals surface area contributed by atoms with E-state index < -0.39 is 0 Å². The predicted octanol–water partition coefficient (Wildman–Crippen LogP) is 4.26. The van der Waals surface area contributed by atoms with Gasteiger partial charge in [0.15, 0.2) is 0 Å². The summed E-state index contributed by atoms with van der Waals surface area (Å²) in [4.78, 5) is 27.4. The van der Waals surface area contributed by atoms with Crippen LogP contribution in [0.25, 0.3) is 0 Å². The van der Waals surface area contributed by atoms with Gasteiger partial charge in [-0.25, -0.2) is 4.79 Å². The Labute approximate surface area is 181 Å². The van der Waals surface area contributed by atoms with Crippen LogP contribution in [0.2, 0.25) is 5.02 Å². The predicted molar refractivity (Wildman–Crippen MR) is 117 cm³/mol. The minimum atomic E-state index is -0.290. The number of nitrogens with zero attached hydrogens (tertiary/aromatic N) is 1. The topological polar surface area (TPSA) is 70.7 Å². The zero-order valence-electron chi connectivity index (χ0n) is 16.9. The van der Waals surface area contributed by atoms with Crippen molar-refractivity contribution in [1.82, 2.24) is 10.2 Å². The standard InChI is InChI=1S/C23H26ClN3O3/c1-30-19-10-4-16(5-11-19)20-12-22(28)27(13-15-2-3-15)14-21(20)26-23(29)25-18-8-6-17(24)7-9-18/h4-11,15,20-21H,2-3,12-14H2,1H3,(H2,25,26,29)/t20?,21-/m1/s1. The lowest BCUT2D eigenvalue weighted by molar-refractivity contribution is -0.135. The second-order valence-electron chi connectivity index (χ2n) is 8.04. The smallest absolute Gasteiger partial charge is 0.319 e. The Morgan fingerprint density at radius 3 is 2.47 bits per heavy atom. The van der Waals surface area contributed by atoms with Crippen LogP contribution < -0.4 is 15.4 Å². The molecule has 1 heterocycles. The van der Waals surface area contributed by atoms with Gasteiger partial charge < -0.3 is 20.3 Å². The highest BCUT2D eigenvalue weighted by molar-refractivity contribution is 6.30. The summed E-state index contributed by atoms with van der Waals surface area (Å²) in [6.07, 6.45) is 2.74. The summed E-state index contributed by atoms with van der Waals surface area (Å²) in [6.45, 7) is 1.30. The Balaban J connectivity index is 1.49. The van der Waals surface area contributed by atoms with E-state index in [1.54, 1.807) is 31.4 Å². The molecule has 0 radical (unpaired) electrons. The quantitative estimate of drug-likeness (QED) is 0.723. The van der Waals surface area contributed by atoms with Crippen molar-refractivity contribution in [3.63, 3.8) is 0 Å². The number of halogens is 1. The molecule has 2 N–H and O–H groups in total. The van der Waals surface area contributed by atoms with Gasteiger partial charge in [-0.3, -0.25) is 4.79 Å². The Morgan fingerprint density at radius 1 is 1.13 bits per heavy atom. The lowest BCUT2D eigenvalue weighted by Crippen LogP contribution is -2.54. The van der Waals surface area contributed by atoms with Crippen LogP contribution in [-0.4, -0.2) is 43.1 Å². The zero-order valence-corrected chi connectivity index (χ0v) is 17.7. The zero-order chi connectivity index (χ0) is 21.1. The van der Waals surface area contributed by atoms with Crippen LogP contribution in [0.1, 0.15) is 30.7 Å². The van der Waals surface area contributed by atoms with Crippen molar-refractivity contribution in [2.45, 2.75) is 31.2 Å². The number of methoxy groups -OCH3 is 1. The van der Waals surface area contributed by atoms with Gasteiger partial charge in [0.25, 0.3) is 0 Å². The number of hydrogen-bond acceptors (Lipinski definition) is 3. The van der Waals surface area contributed by atoms with Crippen molar-refractivity contribution in [2.75, 3.05) is 25.5 Å². The lowest BCUT2D eigenvalue weighted by Gasteiger charge is -2.39. The van der Waals surface area contributed by atoms with E-state index in [4.69, 9.17) is 16.3 Å². The molecule has 2 aromatic rings. The molecule has 0 spiro atoms. The molecule has 7 heteroatoms. The van der Waals surface area contributed by atoms with E-state index in [0.29, 0.717) is 29.6 Å². The molecule has 1 saturated carbocycles. The van der Waals surface area contributed by atoms with Gasteiger partial charge in [-0.2, -0.15) is 0 Å². The van der Waals surface area contributed by atoms with E-state index in [1.165, 1.54) is 12.8 Å². The second-order valence-corrected chi connectivity index (χ2v) is 8.47. The van der Waals surface area contributed by atoms with Crippen molar-refractivity contribution in [1.29, 1.82) is 0 Å². The van der Waals surface area contributed by atoms with Crippen LogP contribution in [0, 0.1) is 5.92 Å². The molecule has 2 aromatic carbocycles. The summed E-state index contributed by atoms with van der Waals surface area (Å²) in [5.41, 5.74) is 1.69. The first kappa shape index (κ1) is 20.5. The number of carbonyl (C=O) groups is 2. The van der Waals surface area contributed by atoms with Crippen LogP contribution >= 0.6 is 11.6 Å². The normalized spacial score (nSPS) is 21.3. The molecule has 1 aliphatic carbocycles. The lowest BCUT2D eigenvalue weighted by atomic mass is 9.84. The summed E-state index contributed by atoms with van der Waals surface area (Å²) in [5.74, 6) is 1.44. The van der Waals surface area contributed by atoms with Gasteiger partial charge in [0.2, 0.25) is 5.91 Å². The third kappa shape index (κ3) is 5.05. The van der Waals surface area contributed by atoms with E-state index >= 15 is 0 Å². The molecule has 3 amide bonds. The Morgan fingerprint density at radius 2 is 1.83 bits per heavy atom. The number of ether oxygens (including phenoxy) is 1. The van der Waals surface area contributed by atoms with Crippen molar-refractivity contribution in [3.05, 3.63) is 59.1 Å². The number of carbonyl (C=O) groups excluding carboxylic acids is 2. The number of amides is 3. The van der Waals surface area contributed by atoms with E-state index in [9.17, 15) is 9.59 Å². The summed E-state index contributed by atoms with van der Waals surface area (Å²) < 4.78 is 5.25. The Bertz CT molecular complexity index is 897. The number of rotatable bonds is 6. The van der Waals surface area contributed by atoms with Gasteiger partial charge in [-0.15, -0.1) is 0 Å². The molecular weight excluding hydrogens is 402 g/mol. The van der Waals surface area contributed by atoms with E-state index in [1.807, 2.05) is 29.2 Å². The van der Waals surface area contributed by atoms with Gasteiger partial charge in [0, 0.05) is 36.1 Å². The molecule has 0 aromatic heterocycles. The SMILES string of the molecule is COc1ccc(C2CC(=O)N(CC3CC3)C[C@H]2NC(=O)Nc2ccc(Cl)cc2)cc1. The molecule has 1 saturated heterocycles. The summed E-state index contributed by atoms with van der Waals surface area (Å²) in [6, 6.07) is 14.2. The van der Waals surface area contributed by atoms with Gasteiger partial charge >= 0.3 is 6.03 Å². The first-order chi connectivity index (χ1) is 14.5. The highest BCUT2D eigenvalue weighted by Crippen LogP contribution is 2.34. The fourth-order valence-corrected chi connectivity index (χ4v) is 4.06. The molecule has 2 atom stereocenters. The van der Waals surface area contributed by atoms with Crippen molar-refractivity contribution >= 4 is 29.2 Å². The number of likely N-dealkylation sites (tertiary alicyclic amines) is 1. The number of urea groups is 1. The number of benzene rings is 2. The molecule has 1 aliphatic heterocycles. The van der Waals surface area contributed by atoms with E-state index in [2.05, 4.69) is 10.6 Å². The van der Waals surface area contributed by atoms with Crippen LogP contribution in [0.4, 0.5) is 10.5 Å². The molecule has 2 aliphatic rings. The van der Waals surface area contributed by atoms with Crippen molar-refractivity contribution in [2.24, 2.45) is 5.92 Å². The fraction of sp³-hybridized carbons (Fsp3) is 0.391. The average Bonchev–Trinajstić information content (AvgIpc) is 3.56. The number of hydrogen-bond donors (Lipinski definition) is 2. The summed E-state index contributed by atoms with van der Waals surface area (Å²) >= 11 is 5.91. The van der Waals surface area contributed by atoms with Crippen LogP contribution in [0.5, 0.6) is 5.75 Å². The van der Waals surface area contributed by atoms with Crippen LogP contribution in [-0.2, 0) is 4.79 Å². The monoisotopic (exact) mass is 427 g/mol. The number of anilines is 1. The maximum Gasteiger partial charge on any atom is 0.319 e. The van der Waals surface area contributed by atoms with E-state index in [0.717, 1.165) is 17.9 Å². The minimum Gasteiger partial charge on any atom is -0.497 e. The Kier molecular flexibility index (Phi) is 6.13. The van der Waals surface area contributed by atoms with Gasteiger partial charge in [-0.1, -0.05) is 23.7 Å². The number of nitrogens with one attached hydrogen (secondary N) is 2. The maximum absolute atomic E-state index is 12.8. The molecule has 0 bridgehead atoms. The van der Waals surface area contributed by atoms with Crippen molar-refractivity contribution < 1.29 is 14.3 Å². The van der Waals surface area contributed by atoms with Gasteiger partial charge in [-0.05, 0) is 60.7 Å². The first-order valence-corrected chi connectivity index (χ1v) is 10.6. The largest absolute Gasteiger partial charge is 0.497 e. The Hall–Kier alpha value is -2.73. The molecule has 30 heavy (non-hydrogen) atoms. The van der Waals surface area contributed by atoms with Crippen molar-refractivity contribution in [3.8, 4) is 5.75 Å². The molecule has 1 unspecified atom stereocenters. The summed E-state index contributed by atoms with van der Waals surface area (Å²) in [7, 11) is 1.63. The van der Waals surface area contributed by atoms with E-state index in [-0.39, 0.29) is 23.9 Å². The first-order valence-electron chi connectivity index (χ1n) is 10.3. The van der Waals surface area contributed by atoms with Gasteiger partial charge in [0.05, 0.1) is 13.2 Å². The second kappa shape index (κ2) is 8.96. The molecular formula is C23H26ClN3O3. The van der Waals surface area contributed by atoms with Crippen LogP contribution in [0.3, 0.4) is 0 Å². The molecule has 158 valence electrons. The molecule has 2 fully saturated rings. The maximum atomic E-state index is 12.8. The molecule has 4 rings (SSSR count). The number of piperidine rings is 1. The summed E-state index contributed by atoms with van der Waals surface area (Å²) in [5, 5.41) is 6.56. The average molecular weight is 428 g/mol. The third-order valence-corrected chi connectivity index (χ3v) is 6.04.